The zero-order chi connectivity index (χ0) is 15.7. The van der Waals surface area contributed by atoms with Crippen molar-refractivity contribution in [2.45, 2.75) is 38.5 Å². The number of urea groups is 1. The first-order chi connectivity index (χ1) is 10.1. The van der Waals surface area contributed by atoms with Gasteiger partial charge in [-0.3, -0.25) is 0 Å². The van der Waals surface area contributed by atoms with Gasteiger partial charge in [0.05, 0.1) is 0 Å². The van der Waals surface area contributed by atoms with Crippen LogP contribution in [-0.4, -0.2) is 30.6 Å². The Bertz CT molecular complexity index is 439. The van der Waals surface area contributed by atoms with Gasteiger partial charge in [-0.15, -0.1) is 0 Å². The highest BCUT2D eigenvalue weighted by Gasteiger charge is 2.07. The van der Waals surface area contributed by atoms with Gasteiger partial charge in [0.1, 0.15) is 0 Å². The zero-order valence-corrected chi connectivity index (χ0v) is 14.2. The predicted molar refractivity (Wildman–Crippen MR) is 93.1 cm³/mol. The molecule has 0 aromatic heterocycles. The van der Waals surface area contributed by atoms with Crippen LogP contribution in [0.2, 0.25) is 0 Å². The van der Waals surface area contributed by atoms with E-state index in [1.807, 2.05) is 24.5 Å². The van der Waals surface area contributed by atoms with Crippen LogP contribution in [0.4, 0.5) is 10.5 Å². The van der Waals surface area contributed by atoms with E-state index in [-0.39, 0.29) is 12.1 Å². The minimum Gasteiger partial charge on any atom is -0.337 e. The van der Waals surface area contributed by atoms with Crippen molar-refractivity contribution in [3.63, 3.8) is 0 Å². The second kappa shape index (κ2) is 9.68. The third-order valence-corrected chi connectivity index (χ3v) is 4.27. The number of hydrogen-bond donors (Lipinski definition) is 3. The van der Waals surface area contributed by atoms with Crippen LogP contribution in [0.15, 0.2) is 24.3 Å². The van der Waals surface area contributed by atoms with Crippen LogP contribution in [0.25, 0.3) is 0 Å². The predicted octanol–water partition coefficient (Wildman–Crippen LogP) is 3.62. The maximum Gasteiger partial charge on any atom is 0.319 e. The molecule has 3 N–H and O–H groups in total. The van der Waals surface area contributed by atoms with Crippen molar-refractivity contribution in [1.29, 1.82) is 0 Å². The molecule has 0 heterocycles. The molecule has 0 saturated carbocycles. The fourth-order valence-electron chi connectivity index (χ4n) is 1.86. The molecular formula is C16H27N3OS. The first-order valence-electron chi connectivity index (χ1n) is 7.47. The highest BCUT2D eigenvalue weighted by molar-refractivity contribution is 7.99. The quantitative estimate of drug-likeness (QED) is 0.687. The zero-order valence-electron chi connectivity index (χ0n) is 13.4. The average Bonchev–Trinajstić information content (AvgIpc) is 2.50. The van der Waals surface area contributed by atoms with Crippen molar-refractivity contribution in [3.8, 4) is 0 Å². The minimum atomic E-state index is -0.151. The van der Waals surface area contributed by atoms with Gasteiger partial charge in [-0.1, -0.05) is 26.0 Å². The van der Waals surface area contributed by atoms with Gasteiger partial charge in [0.25, 0.3) is 0 Å². The number of carbonyl (C=O) groups excluding carboxylic acids is 1. The lowest BCUT2D eigenvalue weighted by atomic mass is 10.1. The lowest BCUT2D eigenvalue weighted by molar-refractivity contribution is 0.252. The Morgan fingerprint density at radius 3 is 2.76 bits per heavy atom. The molecule has 0 aliphatic carbocycles. The molecule has 0 aliphatic heterocycles. The Morgan fingerprint density at radius 1 is 1.33 bits per heavy atom. The van der Waals surface area contributed by atoms with Crippen LogP contribution in [0.3, 0.4) is 0 Å². The summed E-state index contributed by atoms with van der Waals surface area (Å²) in [6.45, 7) is 8.03. The van der Waals surface area contributed by atoms with Crippen molar-refractivity contribution in [1.82, 2.24) is 10.6 Å². The number of anilines is 1. The molecule has 21 heavy (non-hydrogen) atoms. The van der Waals surface area contributed by atoms with Crippen molar-refractivity contribution in [2.75, 3.05) is 24.7 Å². The summed E-state index contributed by atoms with van der Waals surface area (Å²) in [6, 6.07) is 8.11. The van der Waals surface area contributed by atoms with E-state index in [2.05, 4.69) is 42.8 Å². The van der Waals surface area contributed by atoms with E-state index >= 15 is 0 Å². The molecule has 2 atom stereocenters. The Kier molecular flexibility index (Phi) is 8.23. The fourth-order valence-corrected chi connectivity index (χ4v) is 2.11. The molecule has 5 heteroatoms. The number of thioether (sulfide) groups is 1. The molecule has 118 valence electrons. The molecule has 0 saturated heterocycles. The number of nitrogens with one attached hydrogen (secondary N) is 3. The summed E-state index contributed by atoms with van der Waals surface area (Å²) >= 11 is 1.74. The standard InChI is InChI=1S/C16H27N3OS/c1-5-9-17-13(3)14-7-6-8-15(10-14)19-16(20)18-11-12(2)21-4/h6-8,10,12-13,17H,5,9,11H2,1-4H3,(H2,18,19,20). The molecule has 1 rings (SSSR count). The summed E-state index contributed by atoms with van der Waals surface area (Å²) in [6.07, 6.45) is 3.15. The maximum atomic E-state index is 11.8. The van der Waals surface area contributed by atoms with Crippen LogP contribution in [-0.2, 0) is 0 Å². The molecule has 1 aromatic rings. The average molecular weight is 309 g/mol. The number of amides is 2. The van der Waals surface area contributed by atoms with E-state index in [4.69, 9.17) is 0 Å². The number of carbonyl (C=O) groups is 1. The second-order valence-corrected chi connectivity index (χ2v) is 6.46. The second-order valence-electron chi connectivity index (χ2n) is 5.18. The highest BCUT2D eigenvalue weighted by Crippen LogP contribution is 2.17. The molecule has 0 bridgehead atoms. The van der Waals surface area contributed by atoms with Crippen molar-refractivity contribution in [3.05, 3.63) is 29.8 Å². The lowest BCUT2D eigenvalue weighted by Gasteiger charge is -2.15. The molecule has 4 nitrogen and oxygen atoms in total. The fraction of sp³-hybridized carbons (Fsp3) is 0.562. The number of hydrogen-bond acceptors (Lipinski definition) is 3. The molecule has 0 fully saturated rings. The summed E-state index contributed by atoms with van der Waals surface area (Å²) < 4.78 is 0. The normalized spacial score (nSPS) is 13.5. The molecular weight excluding hydrogens is 282 g/mol. The van der Waals surface area contributed by atoms with Crippen molar-refractivity contribution < 1.29 is 4.79 Å². The lowest BCUT2D eigenvalue weighted by Crippen LogP contribution is -2.33. The van der Waals surface area contributed by atoms with Gasteiger partial charge in [-0.2, -0.15) is 11.8 Å². The summed E-state index contributed by atoms with van der Waals surface area (Å²) in [5.41, 5.74) is 2.01. The van der Waals surface area contributed by atoms with E-state index in [1.165, 1.54) is 5.56 Å². The van der Waals surface area contributed by atoms with Gasteiger partial charge in [-0.25, -0.2) is 4.79 Å². The number of benzene rings is 1. The molecule has 2 unspecified atom stereocenters. The molecule has 0 radical (unpaired) electrons. The third-order valence-electron chi connectivity index (χ3n) is 3.30. The van der Waals surface area contributed by atoms with Gasteiger partial charge in [-0.05, 0) is 43.8 Å². The van der Waals surface area contributed by atoms with Crippen LogP contribution in [0, 0.1) is 0 Å². The van der Waals surface area contributed by atoms with Gasteiger partial charge in [0.15, 0.2) is 0 Å². The summed E-state index contributed by atoms with van der Waals surface area (Å²) in [4.78, 5) is 11.8. The van der Waals surface area contributed by atoms with Crippen LogP contribution in [0.1, 0.15) is 38.8 Å². The summed E-state index contributed by atoms with van der Waals surface area (Å²) in [5, 5.41) is 9.63. The minimum absolute atomic E-state index is 0.151. The molecule has 1 aromatic carbocycles. The third kappa shape index (κ3) is 6.87. The Hall–Kier alpha value is -1.20. The molecule has 2 amide bonds. The Labute approximate surface area is 132 Å². The van der Waals surface area contributed by atoms with E-state index in [0.29, 0.717) is 11.8 Å². The summed E-state index contributed by atoms with van der Waals surface area (Å²) in [7, 11) is 0. The topological polar surface area (TPSA) is 53.2 Å². The Balaban J connectivity index is 2.53. The van der Waals surface area contributed by atoms with Gasteiger partial charge in [0, 0.05) is 23.5 Å². The number of rotatable bonds is 8. The van der Waals surface area contributed by atoms with Crippen molar-refractivity contribution in [2.24, 2.45) is 0 Å². The first-order valence-corrected chi connectivity index (χ1v) is 8.76. The molecule has 0 aliphatic rings. The summed E-state index contributed by atoms with van der Waals surface area (Å²) in [5.74, 6) is 0. The van der Waals surface area contributed by atoms with Crippen LogP contribution in [0.5, 0.6) is 0 Å². The van der Waals surface area contributed by atoms with Gasteiger partial charge in [0.2, 0.25) is 0 Å². The smallest absolute Gasteiger partial charge is 0.319 e. The van der Waals surface area contributed by atoms with E-state index in [9.17, 15) is 4.79 Å². The van der Waals surface area contributed by atoms with Crippen LogP contribution < -0.4 is 16.0 Å². The van der Waals surface area contributed by atoms with E-state index < -0.39 is 0 Å². The van der Waals surface area contributed by atoms with Crippen molar-refractivity contribution >= 4 is 23.5 Å². The van der Waals surface area contributed by atoms with E-state index in [1.54, 1.807) is 11.8 Å². The Morgan fingerprint density at radius 2 is 2.10 bits per heavy atom. The largest absolute Gasteiger partial charge is 0.337 e. The highest BCUT2D eigenvalue weighted by atomic mass is 32.2. The monoisotopic (exact) mass is 309 g/mol. The SMILES string of the molecule is CCCNC(C)c1cccc(NC(=O)NCC(C)SC)c1. The van der Waals surface area contributed by atoms with E-state index in [0.717, 1.165) is 18.7 Å². The van der Waals surface area contributed by atoms with Gasteiger partial charge < -0.3 is 16.0 Å². The van der Waals surface area contributed by atoms with Crippen LogP contribution >= 0.6 is 11.8 Å². The first kappa shape index (κ1) is 17.9. The maximum absolute atomic E-state index is 11.8. The molecule has 0 spiro atoms. The van der Waals surface area contributed by atoms with Gasteiger partial charge >= 0.3 is 6.03 Å².